The van der Waals surface area contributed by atoms with Gasteiger partial charge in [-0.1, -0.05) is 6.07 Å². The van der Waals surface area contributed by atoms with Crippen molar-refractivity contribution in [3.63, 3.8) is 0 Å². The molecular weight excluding hydrogens is 369 g/mol. The van der Waals surface area contributed by atoms with Crippen molar-refractivity contribution in [2.75, 3.05) is 12.8 Å². The molecule has 0 fully saturated rings. The Bertz CT molecular complexity index is 1060. The highest BCUT2D eigenvalue weighted by molar-refractivity contribution is 7.90. The Hall–Kier alpha value is -3.00. The first-order chi connectivity index (χ1) is 12.8. The summed E-state index contributed by atoms with van der Waals surface area (Å²) in [7, 11) is -3.36. The molecule has 0 aliphatic carbocycles. The summed E-state index contributed by atoms with van der Waals surface area (Å²) in [5.41, 5.74) is 1.79. The zero-order chi connectivity index (χ0) is 19.4. The molecule has 6 nitrogen and oxygen atoms in total. The number of carbonyl (C=O) groups is 1. The van der Waals surface area contributed by atoms with Crippen LogP contribution in [0.5, 0.6) is 0 Å². The maximum absolute atomic E-state index is 13.0. The summed E-state index contributed by atoms with van der Waals surface area (Å²) in [6, 6.07) is 13.7. The first-order valence-corrected chi connectivity index (χ1v) is 10.1. The fourth-order valence-corrected chi connectivity index (χ4v) is 3.17. The fraction of sp³-hybridized carbons (Fsp3) is 0.158. The summed E-state index contributed by atoms with van der Waals surface area (Å²) in [5, 5.41) is 7.14. The minimum absolute atomic E-state index is 0.105. The molecule has 0 aliphatic rings. The lowest BCUT2D eigenvalue weighted by Gasteiger charge is -2.06. The molecule has 8 heteroatoms. The number of hydrogen-bond donors (Lipinski definition) is 1. The van der Waals surface area contributed by atoms with Crippen LogP contribution in [0.25, 0.3) is 5.69 Å². The summed E-state index contributed by atoms with van der Waals surface area (Å²) < 4.78 is 37.8. The standard InChI is InChI=1S/C19H18FN3O3S/c1-27(25,26)18-4-2-3-14(13-18)19(24)21-11-9-16-10-12-23(22-16)17-7-5-15(20)6-8-17/h2-8,10,12-13H,9,11H2,1H3,(H,21,24). The van der Waals surface area contributed by atoms with Gasteiger partial charge in [-0.05, 0) is 48.5 Å². The van der Waals surface area contributed by atoms with Crippen LogP contribution in [0.3, 0.4) is 0 Å². The highest BCUT2D eigenvalue weighted by Gasteiger charge is 2.11. The molecule has 0 unspecified atom stereocenters. The van der Waals surface area contributed by atoms with E-state index >= 15 is 0 Å². The number of rotatable bonds is 6. The Balaban J connectivity index is 1.59. The van der Waals surface area contributed by atoms with Gasteiger partial charge in [0.25, 0.3) is 5.91 Å². The molecule has 0 radical (unpaired) electrons. The van der Waals surface area contributed by atoms with Gasteiger partial charge in [0.15, 0.2) is 9.84 Å². The zero-order valence-corrected chi connectivity index (χ0v) is 15.4. The smallest absolute Gasteiger partial charge is 0.251 e. The minimum atomic E-state index is -3.36. The number of sulfone groups is 1. The predicted molar refractivity (Wildman–Crippen MR) is 99.1 cm³/mol. The lowest BCUT2D eigenvalue weighted by atomic mass is 10.2. The van der Waals surface area contributed by atoms with Crippen molar-refractivity contribution < 1.29 is 17.6 Å². The molecule has 3 rings (SSSR count). The molecule has 1 aromatic heterocycles. The number of benzene rings is 2. The number of hydrogen-bond acceptors (Lipinski definition) is 4. The molecule has 0 saturated heterocycles. The normalized spacial score (nSPS) is 11.3. The van der Waals surface area contributed by atoms with Crippen molar-refractivity contribution in [3.8, 4) is 5.69 Å². The van der Waals surface area contributed by atoms with E-state index < -0.39 is 9.84 Å². The average molecular weight is 387 g/mol. The van der Waals surface area contributed by atoms with Crippen molar-refractivity contribution in [2.24, 2.45) is 0 Å². The molecule has 3 aromatic rings. The van der Waals surface area contributed by atoms with E-state index in [4.69, 9.17) is 0 Å². The second-order valence-corrected chi connectivity index (χ2v) is 8.05. The van der Waals surface area contributed by atoms with Crippen molar-refractivity contribution in [3.05, 3.63) is 77.9 Å². The quantitative estimate of drug-likeness (QED) is 0.704. The van der Waals surface area contributed by atoms with Crippen LogP contribution in [0.15, 0.2) is 65.7 Å². The monoisotopic (exact) mass is 387 g/mol. The van der Waals surface area contributed by atoms with Gasteiger partial charge in [0.1, 0.15) is 5.82 Å². The van der Waals surface area contributed by atoms with Crippen LogP contribution in [0.2, 0.25) is 0 Å². The Morgan fingerprint density at radius 3 is 2.59 bits per heavy atom. The molecule has 0 saturated carbocycles. The number of carbonyl (C=O) groups excluding carboxylic acids is 1. The van der Waals surface area contributed by atoms with Gasteiger partial charge in [-0.25, -0.2) is 17.5 Å². The third-order valence-electron chi connectivity index (χ3n) is 3.93. The SMILES string of the molecule is CS(=O)(=O)c1cccc(C(=O)NCCc2ccn(-c3ccc(F)cc3)n2)c1. The summed E-state index contributed by atoms with van der Waals surface area (Å²) in [6.45, 7) is 0.350. The Morgan fingerprint density at radius 2 is 1.89 bits per heavy atom. The first kappa shape index (κ1) is 18.8. The largest absolute Gasteiger partial charge is 0.352 e. The molecule has 1 amide bonds. The molecular formula is C19H18FN3O3S. The van der Waals surface area contributed by atoms with Crippen LogP contribution < -0.4 is 5.32 Å². The lowest BCUT2D eigenvalue weighted by molar-refractivity contribution is 0.0954. The van der Waals surface area contributed by atoms with Gasteiger partial charge < -0.3 is 5.32 Å². The predicted octanol–water partition coefficient (Wildman–Crippen LogP) is 2.39. The zero-order valence-electron chi connectivity index (χ0n) is 14.6. The van der Waals surface area contributed by atoms with Gasteiger partial charge >= 0.3 is 0 Å². The van der Waals surface area contributed by atoms with E-state index in [2.05, 4.69) is 10.4 Å². The topological polar surface area (TPSA) is 81.1 Å². The molecule has 0 bridgehead atoms. The first-order valence-electron chi connectivity index (χ1n) is 8.22. The Kier molecular flexibility index (Phi) is 5.36. The summed E-state index contributed by atoms with van der Waals surface area (Å²) in [6.07, 6.45) is 3.37. The van der Waals surface area contributed by atoms with E-state index in [-0.39, 0.29) is 22.2 Å². The van der Waals surface area contributed by atoms with E-state index in [9.17, 15) is 17.6 Å². The van der Waals surface area contributed by atoms with Gasteiger partial charge in [-0.2, -0.15) is 5.10 Å². The third-order valence-corrected chi connectivity index (χ3v) is 5.04. The number of nitrogens with zero attached hydrogens (tertiary/aromatic N) is 2. The highest BCUT2D eigenvalue weighted by atomic mass is 32.2. The Morgan fingerprint density at radius 1 is 1.15 bits per heavy atom. The molecule has 2 aromatic carbocycles. The fourth-order valence-electron chi connectivity index (χ4n) is 2.51. The van der Waals surface area contributed by atoms with Crippen LogP contribution in [-0.4, -0.2) is 36.9 Å². The van der Waals surface area contributed by atoms with Crippen LogP contribution >= 0.6 is 0 Å². The van der Waals surface area contributed by atoms with Crippen LogP contribution in [0, 0.1) is 5.82 Å². The van der Waals surface area contributed by atoms with E-state index in [0.717, 1.165) is 17.6 Å². The molecule has 27 heavy (non-hydrogen) atoms. The second-order valence-electron chi connectivity index (χ2n) is 6.03. The second kappa shape index (κ2) is 7.71. The van der Waals surface area contributed by atoms with E-state index in [1.165, 1.54) is 30.3 Å². The maximum Gasteiger partial charge on any atom is 0.251 e. The molecule has 140 valence electrons. The van der Waals surface area contributed by atoms with Crippen LogP contribution in [0.1, 0.15) is 16.1 Å². The number of halogens is 1. The van der Waals surface area contributed by atoms with Crippen LogP contribution in [-0.2, 0) is 16.3 Å². The molecule has 0 atom stereocenters. The van der Waals surface area contributed by atoms with Gasteiger partial charge in [-0.3, -0.25) is 4.79 Å². The average Bonchev–Trinajstić information content (AvgIpc) is 3.10. The summed E-state index contributed by atoms with van der Waals surface area (Å²) in [5.74, 6) is -0.660. The molecule has 1 N–H and O–H groups in total. The van der Waals surface area contributed by atoms with E-state index in [1.807, 2.05) is 6.07 Å². The maximum atomic E-state index is 13.0. The van der Waals surface area contributed by atoms with E-state index in [0.29, 0.717) is 13.0 Å². The van der Waals surface area contributed by atoms with Crippen molar-refractivity contribution >= 4 is 15.7 Å². The highest BCUT2D eigenvalue weighted by Crippen LogP contribution is 2.12. The van der Waals surface area contributed by atoms with E-state index in [1.54, 1.807) is 29.1 Å². The number of amides is 1. The molecule has 0 spiro atoms. The molecule has 1 heterocycles. The Labute approximate surface area is 156 Å². The van der Waals surface area contributed by atoms with Gasteiger partial charge in [0.2, 0.25) is 0 Å². The summed E-state index contributed by atoms with van der Waals surface area (Å²) in [4.78, 5) is 12.3. The third kappa shape index (κ3) is 4.79. The van der Waals surface area contributed by atoms with Crippen molar-refractivity contribution in [2.45, 2.75) is 11.3 Å². The number of nitrogens with one attached hydrogen (secondary N) is 1. The van der Waals surface area contributed by atoms with Gasteiger partial charge in [-0.15, -0.1) is 0 Å². The van der Waals surface area contributed by atoms with Crippen molar-refractivity contribution in [1.82, 2.24) is 15.1 Å². The lowest BCUT2D eigenvalue weighted by Crippen LogP contribution is -2.26. The molecule has 0 aliphatic heterocycles. The van der Waals surface area contributed by atoms with Gasteiger partial charge in [0, 0.05) is 31.0 Å². The van der Waals surface area contributed by atoms with Crippen LogP contribution in [0.4, 0.5) is 4.39 Å². The number of aromatic nitrogens is 2. The summed E-state index contributed by atoms with van der Waals surface area (Å²) >= 11 is 0. The van der Waals surface area contributed by atoms with Crippen molar-refractivity contribution in [1.29, 1.82) is 0 Å². The van der Waals surface area contributed by atoms with Gasteiger partial charge in [0.05, 0.1) is 16.3 Å². The minimum Gasteiger partial charge on any atom is -0.352 e.